The largest absolute Gasteiger partial charge is 0.356 e. The van der Waals surface area contributed by atoms with Crippen molar-refractivity contribution >= 4 is 17.1 Å². The molecule has 6 nitrogen and oxygen atoms in total. The van der Waals surface area contributed by atoms with E-state index in [0.29, 0.717) is 17.1 Å². The lowest BCUT2D eigenvalue weighted by Gasteiger charge is -2.03. The highest BCUT2D eigenvalue weighted by atomic mass is 16.1. The highest BCUT2D eigenvalue weighted by Crippen LogP contribution is 2.09. The topological polar surface area (TPSA) is 86.5 Å². The fourth-order valence-corrected chi connectivity index (χ4v) is 1.62. The van der Waals surface area contributed by atoms with Crippen LogP contribution in [0.3, 0.4) is 0 Å². The second-order valence-corrected chi connectivity index (χ2v) is 3.33. The molecule has 3 heterocycles. The predicted octanol–water partition coefficient (Wildman–Crippen LogP) is 0.00430. The zero-order valence-corrected chi connectivity index (χ0v) is 7.42. The van der Waals surface area contributed by atoms with Crippen molar-refractivity contribution < 1.29 is 0 Å². The van der Waals surface area contributed by atoms with Crippen LogP contribution >= 0.6 is 0 Å². The van der Waals surface area contributed by atoms with E-state index in [1.54, 1.807) is 0 Å². The molecular formula is C8H9N5O. The summed E-state index contributed by atoms with van der Waals surface area (Å²) in [4.78, 5) is 25.6. The van der Waals surface area contributed by atoms with Gasteiger partial charge in [0, 0.05) is 13.0 Å². The average molecular weight is 191 g/mol. The van der Waals surface area contributed by atoms with Gasteiger partial charge in [-0.05, 0) is 6.42 Å². The molecule has 6 heteroatoms. The second-order valence-electron chi connectivity index (χ2n) is 3.33. The quantitative estimate of drug-likeness (QED) is 0.547. The van der Waals surface area contributed by atoms with Crippen LogP contribution in [0, 0.1) is 0 Å². The van der Waals surface area contributed by atoms with Gasteiger partial charge < -0.3 is 10.3 Å². The van der Waals surface area contributed by atoms with Crippen molar-refractivity contribution in [3.05, 3.63) is 16.2 Å². The molecule has 0 aromatic carbocycles. The van der Waals surface area contributed by atoms with Crippen LogP contribution in [0.15, 0.2) is 4.79 Å². The number of hydrogen-bond donors (Lipinski definition) is 3. The predicted molar refractivity (Wildman–Crippen MR) is 51.3 cm³/mol. The molecule has 3 N–H and O–H groups in total. The lowest BCUT2D eigenvalue weighted by molar-refractivity contribution is 0.815. The summed E-state index contributed by atoms with van der Waals surface area (Å²) < 4.78 is 0. The van der Waals surface area contributed by atoms with Crippen molar-refractivity contribution in [2.24, 2.45) is 0 Å². The van der Waals surface area contributed by atoms with Gasteiger partial charge >= 0.3 is 0 Å². The van der Waals surface area contributed by atoms with Gasteiger partial charge in [-0.2, -0.15) is 4.98 Å². The molecule has 0 radical (unpaired) electrons. The van der Waals surface area contributed by atoms with Crippen LogP contribution in [0.5, 0.6) is 0 Å². The third-order valence-electron chi connectivity index (χ3n) is 2.29. The first kappa shape index (κ1) is 7.54. The molecule has 3 bridgehead atoms. The maximum Gasteiger partial charge on any atom is 0.278 e. The Labute approximate surface area is 78.8 Å². The fourth-order valence-electron chi connectivity index (χ4n) is 1.62. The van der Waals surface area contributed by atoms with E-state index < -0.39 is 0 Å². The molecule has 0 saturated heterocycles. The van der Waals surface area contributed by atoms with Crippen LogP contribution in [0.1, 0.15) is 12.2 Å². The van der Waals surface area contributed by atoms with E-state index in [0.717, 1.165) is 25.2 Å². The van der Waals surface area contributed by atoms with Crippen molar-refractivity contribution in [1.29, 1.82) is 0 Å². The number of aromatic nitrogens is 4. The summed E-state index contributed by atoms with van der Waals surface area (Å²) in [6, 6.07) is 0. The molecule has 1 aliphatic rings. The minimum absolute atomic E-state index is 0.168. The van der Waals surface area contributed by atoms with E-state index in [-0.39, 0.29) is 5.56 Å². The van der Waals surface area contributed by atoms with Gasteiger partial charge in [0.15, 0.2) is 11.2 Å². The summed E-state index contributed by atoms with van der Waals surface area (Å²) in [5.74, 6) is 1.33. The van der Waals surface area contributed by atoms with Crippen molar-refractivity contribution in [1.82, 2.24) is 19.9 Å². The van der Waals surface area contributed by atoms with Gasteiger partial charge in [0.1, 0.15) is 5.82 Å². The zero-order chi connectivity index (χ0) is 9.54. The number of imidazole rings is 1. The normalized spacial score (nSPS) is 15.1. The Morgan fingerprint density at radius 2 is 2.14 bits per heavy atom. The Morgan fingerprint density at radius 1 is 1.21 bits per heavy atom. The lowest BCUT2D eigenvalue weighted by atomic mass is 10.3. The van der Waals surface area contributed by atoms with Gasteiger partial charge in [-0.1, -0.05) is 0 Å². The van der Waals surface area contributed by atoms with E-state index in [9.17, 15) is 4.79 Å². The van der Waals surface area contributed by atoms with Crippen LogP contribution < -0.4 is 10.9 Å². The molecule has 2 aromatic rings. The molecule has 0 atom stereocenters. The summed E-state index contributed by atoms with van der Waals surface area (Å²) >= 11 is 0. The maximum absolute atomic E-state index is 11.5. The molecule has 0 unspecified atom stereocenters. The molecular weight excluding hydrogens is 182 g/mol. The number of hydrogen-bond acceptors (Lipinski definition) is 4. The van der Waals surface area contributed by atoms with Crippen LogP contribution in [0.4, 0.5) is 5.95 Å². The number of nitrogens with one attached hydrogen (secondary N) is 3. The lowest BCUT2D eigenvalue weighted by Crippen LogP contribution is -2.14. The molecule has 0 aliphatic carbocycles. The molecule has 2 aromatic heterocycles. The molecule has 14 heavy (non-hydrogen) atoms. The Kier molecular flexibility index (Phi) is 1.38. The summed E-state index contributed by atoms with van der Waals surface area (Å²) in [5, 5.41) is 3.05. The first-order chi connectivity index (χ1) is 6.83. The van der Waals surface area contributed by atoms with Crippen LogP contribution in [0.2, 0.25) is 0 Å². The van der Waals surface area contributed by atoms with Gasteiger partial charge in [0.05, 0.1) is 0 Å². The SMILES string of the molecule is O=c1[nH]c2nc3nc([nH]c13)CCCN2. The fraction of sp³-hybridized carbons (Fsp3) is 0.375. The highest BCUT2D eigenvalue weighted by molar-refractivity contribution is 5.70. The first-order valence-electron chi connectivity index (χ1n) is 4.56. The number of fused-ring (bicyclic) bond motifs is 2. The molecule has 72 valence electrons. The monoisotopic (exact) mass is 191 g/mol. The summed E-state index contributed by atoms with van der Waals surface area (Å²) in [5.41, 5.74) is 0.791. The first-order valence-corrected chi connectivity index (χ1v) is 4.56. The zero-order valence-electron chi connectivity index (χ0n) is 7.42. The maximum atomic E-state index is 11.5. The minimum Gasteiger partial charge on any atom is -0.356 e. The summed E-state index contributed by atoms with van der Waals surface area (Å²) in [7, 11) is 0. The van der Waals surface area contributed by atoms with Crippen molar-refractivity contribution in [3.63, 3.8) is 0 Å². The molecule has 1 aliphatic heterocycles. The Morgan fingerprint density at radius 3 is 3.07 bits per heavy atom. The van der Waals surface area contributed by atoms with E-state index in [1.165, 1.54) is 0 Å². The number of H-pyrrole nitrogens is 2. The van der Waals surface area contributed by atoms with Crippen molar-refractivity contribution in [2.75, 3.05) is 11.9 Å². The van der Waals surface area contributed by atoms with Gasteiger partial charge in [0.2, 0.25) is 5.95 Å². The second kappa shape index (κ2) is 2.57. The van der Waals surface area contributed by atoms with Crippen LogP contribution in [-0.4, -0.2) is 26.5 Å². The van der Waals surface area contributed by atoms with E-state index in [1.807, 2.05) is 0 Å². The van der Waals surface area contributed by atoms with E-state index in [2.05, 4.69) is 25.3 Å². The van der Waals surface area contributed by atoms with Crippen LogP contribution in [0.25, 0.3) is 11.2 Å². The summed E-state index contributed by atoms with van der Waals surface area (Å²) in [6.45, 7) is 0.794. The third-order valence-corrected chi connectivity index (χ3v) is 2.29. The van der Waals surface area contributed by atoms with Gasteiger partial charge in [0.25, 0.3) is 5.56 Å². The number of nitrogens with zero attached hydrogens (tertiary/aromatic N) is 2. The smallest absolute Gasteiger partial charge is 0.278 e. The highest BCUT2D eigenvalue weighted by Gasteiger charge is 2.11. The molecule has 3 rings (SSSR count). The molecule has 0 saturated carbocycles. The van der Waals surface area contributed by atoms with E-state index >= 15 is 0 Å². The molecule has 0 spiro atoms. The number of aromatic amines is 2. The molecule has 0 fully saturated rings. The Bertz CT molecular complexity index is 540. The average Bonchev–Trinajstić information content (AvgIpc) is 2.59. The minimum atomic E-state index is -0.168. The number of aryl methyl sites for hydroxylation is 1. The standard InChI is InChI=1S/C8H9N5O/c14-7-5-6-11-4(10-5)2-1-3-9-8(12-6)13-7/h1-3H2,(H3,9,10,11,12,13,14). The molecule has 0 amide bonds. The van der Waals surface area contributed by atoms with Gasteiger partial charge in [-0.25, -0.2) is 4.98 Å². The number of anilines is 1. The third kappa shape index (κ3) is 1.00. The summed E-state index contributed by atoms with van der Waals surface area (Å²) in [6.07, 6.45) is 1.82. The van der Waals surface area contributed by atoms with Crippen molar-refractivity contribution in [2.45, 2.75) is 12.8 Å². The number of rotatable bonds is 0. The van der Waals surface area contributed by atoms with Gasteiger partial charge in [-0.3, -0.25) is 9.78 Å². The van der Waals surface area contributed by atoms with E-state index in [4.69, 9.17) is 0 Å². The van der Waals surface area contributed by atoms with Crippen molar-refractivity contribution in [3.8, 4) is 0 Å². The Balaban J connectivity index is 2.41. The van der Waals surface area contributed by atoms with Crippen LogP contribution in [-0.2, 0) is 6.42 Å². The Hall–Kier alpha value is -1.85. The van der Waals surface area contributed by atoms with Gasteiger partial charge in [-0.15, -0.1) is 0 Å².